The molecule has 4 aromatic rings. The van der Waals surface area contributed by atoms with Gasteiger partial charge >= 0.3 is 47.8 Å². The molecule has 2 fully saturated rings. The number of unbranched alkanes of at least 4 members (excludes halogenated alkanes) is 1. The Bertz CT molecular complexity index is 2960. The van der Waals surface area contributed by atoms with Gasteiger partial charge < -0.3 is 47.4 Å². The van der Waals surface area contributed by atoms with Crippen LogP contribution < -0.4 is 0 Å². The van der Waals surface area contributed by atoms with E-state index < -0.39 is 121 Å². The molecule has 2 aliphatic heterocycles. The molecule has 0 N–H and O–H groups in total. The van der Waals surface area contributed by atoms with Gasteiger partial charge in [0.1, 0.15) is 25.4 Å². The van der Waals surface area contributed by atoms with E-state index in [0.29, 0.717) is 29.5 Å². The Morgan fingerprint density at radius 1 is 0.525 bits per heavy atom. The van der Waals surface area contributed by atoms with Crippen molar-refractivity contribution in [1.82, 2.24) is 29.3 Å². The van der Waals surface area contributed by atoms with Gasteiger partial charge in [0.2, 0.25) is 20.2 Å². The minimum atomic E-state index is -1.50. The van der Waals surface area contributed by atoms with Crippen LogP contribution in [-0.4, -0.2) is 169 Å². The Kier molecular flexibility index (Phi) is 23.3. The molecule has 4 heterocycles. The number of thioether (sulfide) groups is 3. The Morgan fingerprint density at radius 2 is 0.938 bits per heavy atom. The molecular weight excluding hydrogens is 1130 g/mol. The van der Waals surface area contributed by atoms with Gasteiger partial charge in [-0.2, -0.15) is 19.6 Å². The second kappa shape index (κ2) is 30.0. The molecule has 0 unspecified atom stereocenters. The molecule has 0 radical (unpaired) electrons. The van der Waals surface area contributed by atoms with Gasteiger partial charge in [-0.05, 0) is 47.9 Å². The third-order valence-electron chi connectivity index (χ3n) is 11.0. The molecule has 6 rings (SSSR count). The van der Waals surface area contributed by atoms with Gasteiger partial charge in [-0.1, -0.05) is 84.2 Å². The fourth-order valence-corrected chi connectivity index (χ4v) is 11.2. The molecule has 0 amide bonds. The molecule has 2 aromatic carbocycles. The smallest absolute Gasteiger partial charge is 0.303 e. The summed E-state index contributed by atoms with van der Waals surface area (Å²) in [5.74, 6) is -5.14. The first-order chi connectivity index (χ1) is 38.2. The molecule has 2 aliphatic rings. The number of esters is 8. The molecular formula is C50H58N8O18S4. The van der Waals surface area contributed by atoms with Crippen LogP contribution >= 0.6 is 47.5 Å². The van der Waals surface area contributed by atoms with Crippen LogP contribution in [0.3, 0.4) is 0 Å². The highest BCUT2D eigenvalue weighted by atomic mass is 32.2. The van der Waals surface area contributed by atoms with E-state index in [1.54, 1.807) is 12.4 Å². The summed E-state index contributed by atoms with van der Waals surface area (Å²) in [4.78, 5) is 99.0. The molecule has 430 valence electrons. The zero-order valence-corrected chi connectivity index (χ0v) is 47.8. The number of benzene rings is 2. The van der Waals surface area contributed by atoms with Crippen molar-refractivity contribution in [2.45, 2.75) is 144 Å². The summed E-state index contributed by atoms with van der Waals surface area (Å²) < 4.78 is 61.0. The van der Waals surface area contributed by atoms with Gasteiger partial charge in [0.05, 0.1) is 12.4 Å². The second-order valence-electron chi connectivity index (χ2n) is 17.4. The normalized spacial score (nSPS) is 22.7. The first-order valence-corrected chi connectivity index (χ1v) is 27.8. The summed E-state index contributed by atoms with van der Waals surface area (Å²) in [6.07, 6.45) is -8.11. The highest BCUT2D eigenvalue weighted by molar-refractivity contribution is 8.00. The highest BCUT2D eigenvalue weighted by Gasteiger charge is 2.55. The number of carbonyl (C=O) groups is 8. The van der Waals surface area contributed by atoms with Crippen molar-refractivity contribution in [2.75, 3.05) is 24.7 Å². The molecule has 0 saturated carbocycles. The predicted molar refractivity (Wildman–Crippen MR) is 286 cm³/mol. The van der Waals surface area contributed by atoms with Crippen LogP contribution in [0.1, 0.15) is 85.6 Å². The van der Waals surface area contributed by atoms with Gasteiger partial charge in [0.25, 0.3) is 0 Å². The lowest BCUT2D eigenvalue weighted by Crippen LogP contribution is -2.61. The lowest BCUT2D eigenvalue weighted by molar-refractivity contribution is -0.270. The van der Waals surface area contributed by atoms with Gasteiger partial charge in [-0.3, -0.25) is 38.4 Å². The van der Waals surface area contributed by atoms with Crippen LogP contribution in [0.15, 0.2) is 86.3 Å². The van der Waals surface area contributed by atoms with Crippen molar-refractivity contribution in [3.63, 3.8) is 0 Å². The molecule has 0 bridgehead atoms. The van der Waals surface area contributed by atoms with Crippen molar-refractivity contribution >= 4 is 108 Å². The molecule has 2 saturated heterocycles. The van der Waals surface area contributed by atoms with Crippen LogP contribution in [0.5, 0.6) is 0 Å². The minimum Gasteiger partial charge on any atom is -0.463 e. The number of hydrogen-bond acceptors (Lipinski definition) is 27. The monoisotopic (exact) mass is 1190 g/mol. The minimum absolute atomic E-state index is 0.0379. The van der Waals surface area contributed by atoms with E-state index in [1.165, 1.54) is 51.4 Å². The van der Waals surface area contributed by atoms with Crippen molar-refractivity contribution in [3.05, 3.63) is 76.6 Å². The van der Waals surface area contributed by atoms with Crippen LogP contribution in [0, 0.1) is 4.77 Å². The van der Waals surface area contributed by atoms with Gasteiger partial charge in [0, 0.05) is 66.9 Å². The van der Waals surface area contributed by atoms with Crippen molar-refractivity contribution in [3.8, 4) is 0 Å². The van der Waals surface area contributed by atoms with E-state index in [9.17, 15) is 38.4 Å². The van der Waals surface area contributed by atoms with Crippen molar-refractivity contribution in [2.24, 2.45) is 10.2 Å². The molecule has 30 heteroatoms. The van der Waals surface area contributed by atoms with E-state index in [0.717, 1.165) is 64.4 Å². The fraction of sp³-hybridized carbons (Fsp3) is 0.480. The standard InChI is InChI=1S/C50H58N8O18S4/c1-27(59)67-25-37-39(69-29(3)61)41(71-31(5)63)43(73-33(7)65)45(75-37)56-50(77)58(52-24-36-19-13-10-14-20-36)49(55-56)79-22-16-15-21-78-47-53-54-48(57(47)51-23-35-17-11-9-12-18-35)80-46-44(74-34(8)66)42(72-32(6)64)40(70-30(4)62)38(76-46)26-68-28(2)60/h9-14,17-20,23-24,37-46H,15-16,21-22,25-26H2,1-8H3/b51-23+,52-24+/t37-,38-,39-,40-,41+,42+,43-,44-,45-,46+/m1/s1. The van der Waals surface area contributed by atoms with E-state index in [4.69, 9.17) is 69.8 Å². The summed E-state index contributed by atoms with van der Waals surface area (Å²) in [6, 6.07) is 18.3. The summed E-state index contributed by atoms with van der Waals surface area (Å²) in [5, 5.41) is 23.8. The first kappa shape index (κ1) is 62.2. The zero-order valence-electron chi connectivity index (χ0n) is 44.5. The van der Waals surface area contributed by atoms with E-state index in [-0.39, 0.29) is 15.1 Å². The van der Waals surface area contributed by atoms with Crippen LogP contribution in [0.4, 0.5) is 0 Å². The average Bonchev–Trinajstić information content (AvgIpc) is 4.12. The predicted octanol–water partition coefficient (Wildman–Crippen LogP) is 4.87. The molecule has 2 aromatic heterocycles. The average molecular weight is 1190 g/mol. The van der Waals surface area contributed by atoms with Crippen molar-refractivity contribution < 1.29 is 85.7 Å². The zero-order chi connectivity index (χ0) is 58.0. The topological polar surface area (TPSA) is 307 Å². The number of rotatable bonds is 24. The van der Waals surface area contributed by atoms with Gasteiger partial charge in [-0.15, -0.1) is 15.3 Å². The SMILES string of the molecule is CC(=O)OC[C@H]1O[C@@H](n2nc(SCCCCSc3nnc(S[C@@H]4O[C@H](COC(C)=O)[C@@H](OC(C)=O)[C@H](OC(C)=O)[C@H]4OC(C)=O)n3/N=C/c3ccccc3)n(/N=C/c3ccccc3)c2=S)[C@H](OC(C)=O)[C@@H](OC(C)=O)[C@@H]1OC(C)=O. The Hall–Kier alpha value is -6.99. The highest BCUT2D eigenvalue weighted by Crippen LogP contribution is 2.39. The van der Waals surface area contributed by atoms with E-state index in [1.807, 2.05) is 60.7 Å². The van der Waals surface area contributed by atoms with Gasteiger partial charge in [-0.25, -0.2) is 4.68 Å². The largest absolute Gasteiger partial charge is 0.463 e. The lowest BCUT2D eigenvalue weighted by atomic mass is 9.97. The number of ether oxygens (including phenoxy) is 10. The summed E-state index contributed by atoms with van der Waals surface area (Å²) in [7, 11) is 0. The summed E-state index contributed by atoms with van der Waals surface area (Å²) in [6.45, 7) is 8.22. The van der Waals surface area contributed by atoms with Crippen LogP contribution in [-0.2, 0) is 85.7 Å². The number of carbonyl (C=O) groups excluding carboxylic acids is 8. The summed E-state index contributed by atoms with van der Waals surface area (Å²) in [5.41, 5.74) is 0.246. The molecule has 10 atom stereocenters. The Morgan fingerprint density at radius 3 is 1.43 bits per heavy atom. The molecule has 26 nitrogen and oxygen atoms in total. The molecule has 80 heavy (non-hydrogen) atoms. The molecule has 0 spiro atoms. The molecule has 0 aliphatic carbocycles. The van der Waals surface area contributed by atoms with Crippen molar-refractivity contribution in [1.29, 1.82) is 0 Å². The summed E-state index contributed by atoms with van der Waals surface area (Å²) >= 11 is 9.48. The second-order valence-corrected chi connectivity index (χ2v) is 20.9. The third kappa shape index (κ3) is 18.0. The lowest BCUT2D eigenvalue weighted by Gasteiger charge is -2.44. The first-order valence-electron chi connectivity index (χ1n) is 24.6. The fourth-order valence-electron chi connectivity index (χ4n) is 7.87. The van der Waals surface area contributed by atoms with E-state index >= 15 is 0 Å². The number of aromatic nitrogens is 6. The van der Waals surface area contributed by atoms with Gasteiger partial charge in [0.15, 0.2) is 48.3 Å². The number of nitrogens with zero attached hydrogens (tertiary/aromatic N) is 8. The van der Waals surface area contributed by atoms with Crippen LogP contribution in [0.25, 0.3) is 0 Å². The van der Waals surface area contributed by atoms with Crippen LogP contribution in [0.2, 0.25) is 0 Å². The maximum Gasteiger partial charge on any atom is 0.303 e. The Labute approximate surface area is 476 Å². The maximum absolute atomic E-state index is 12.7. The third-order valence-corrected chi connectivity index (χ3v) is 14.4. The van der Waals surface area contributed by atoms with E-state index in [2.05, 4.69) is 15.3 Å². The number of hydrogen-bond donors (Lipinski definition) is 0. The Balaban J connectivity index is 1.26. The quantitative estimate of drug-likeness (QED) is 0.0226. The maximum atomic E-state index is 12.7.